The molecule has 1 aliphatic heterocycles. The van der Waals surface area contributed by atoms with Gasteiger partial charge in [0.2, 0.25) is 0 Å². The van der Waals surface area contributed by atoms with Gasteiger partial charge in [0, 0.05) is 19.3 Å². The third kappa shape index (κ3) is 3.30. The van der Waals surface area contributed by atoms with E-state index in [4.69, 9.17) is 0 Å². The van der Waals surface area contributed by atoms with Gasteiger partial charge in [-0.1, -0.05) is 36.8 Å². The zero-order valence-electron chi connectivity index (χ0n) is 13.9. The van der Waals surface area contributed by atoms with Crippen LogP contribution in [0.4, 0.5) is 4.79 Å². The molecule has 5 nitrogen and oxygen atoms in total. The highest BCUT2D eigenvalue weighted by Gasteiger charge is 2.37. The lowest BCUT2D eigenvalue weighted by molar-refractivity contribution is 0.204. The highest BCUT2D eigenvalue weighted by molar-refractivity contribution is 5.74. The molecule has 1 saturated carbocycles. The molecule has 2 atom stereocenters. The Kier molecular flexibility index (Phi) is 4.24. The van der Waals surface area contributed by atoms with E-state index in [2.05, 4.69) is 22.5 Å². The van der Waals surface area contributed by atoms with Gasteiger partial charge >= 0.3 is 6.03 Å². The lowest BCUT2D eigenvalue weighted by Gasteiger charge is -2.17. The molecule has 2 fully saturated rings. The quantitative estimate of drug-likeness (QED) is 0.940. The fourth-order valence-corrected chi connectivity index (χ4v) is 4.04. The number of hydrogen-bond acceptors (Lipinski definition) is 2. The van der Waals surface area contributed by atoms with Gasteiger partial charge in [0.05, 0.1) is 18.8 Å². The Morgan fingerprint density at radius 3 is 2.62 bits per heavy atom. The molecule has 2 amide bonds. The first-order valence-electron chi connectivity index (χ1n) is 8.87. The van der Waals surface area contributed by atoms with Crippen LogP contribution >= 0.6 is 0 Å². The molecule has 1 N–H and O–H groups in total. The molecule has 2 heterocycles. The van der Waals surface area contributed by atoms with Crippen LogP contribution in [0.15, 0.2) is 42.6 Å². The van der Waals surface area contributed by atoms with Crippen molar-refractivity contribution in [2.24, 2.45) is 11.8 Å². The SMILES string of the molecule is O=C(NCc1ccn(Cc2ccccc2)n1)N1C[C@@H]2CCC[C@H]2C1. The smallest absolute Gasteiger partial charge is 0.317 e. The largest absolute Gasteiger partial charge is 0.332 e. The van der Waals surface area contributed by atoms with Crippen molar-refractivity contribution < 1.29 is 4.79 Å². The van der Waals surface area contributed by atoms with Gasteiger partial charge in [0.15, 0.2) is 0 Å². The van der Waals surface area contributed by atoms with Crippen LogP contribution in [0.2, 0.25) is 0 Å². The van der Waals surface area contributed by atoms with Gasteiger partial charge < -0.3 is 10.2 Å². The minimum atomic E-state index is 0.0574. The van der Waals surface area contributed by atoms with Gasteiger partial charge in [-0.2, -0.15) is 5.10 Å². The molecule has 1 saturated heterocycles. The van der Waals surface area contributed by atoms with E-state index in [1.807, 2.05) is 40.0 Å². The molecule has 24 heavy (non-hydrogen) atoms. The van der Waals surface area contributed by atoms with E-state index >= 15 is 0 Å². The van der Waals surface area contributed by atoms with Crippen molar-refractivity contribution in [3.63, 3.8) is 0 Å². The molecule has 1 aliphatic carbocycles. The van der Waals surface area contributed by atoms with Crippen LogP contribution in [0.3, 0.4) is 0 Å². The highest BCUT2D eigenvalue weighted by atomic mass is 16.2. The van der Waals surface area contributed by atoms with Crippen LogP contribution < -0.4 is 5.32 Å². The number of aromatic nitrogens is 2. The summed E-state index contributed by atoms with van der Waals surface area (Å²) in [5, 5.41) is 7.56. The van der Waals surface area contributed by atoms with Crippen LogP contribution in [0.1, 0.15) is 30.5 Å². The summed E-state index contributed by atoms with van der Waals surface area (Å²) in [6.07, 6.45) is 5.88. The normalized spacial score (nSPS) is 22.6. The zero-order valence-corrected chi connectivity index (χ0v) is 13.9. The lowest BCUT2D eigenvalue weighted by Crippen LogP contribution is -2.38. The molecule has 1 aromatic carbocycles. The molecule has 5 heteroatoms. The summed E-state index contributed by atoms with van der Waals surface area (Å²) in [4.78, 5) is 14.3. The van der Waals surface area contributed by atoms with Crippen LogP contribution in [0.25, 0.3) is 0 Å². The summed E-state index contributed by atoms with van der Waals surface area (Å²) in [6, 6.07) is 12.3. The number of likely N-dealkylation sites (tertiary alicyclic amines) is 1. The summed E-state index contributed by atoms with van der Waals surface area (Å²) >= 11 is 0. The van der Waals surface area contributed by atoms with Crippen LogP contribution in [0, 0.1) is 11.8 Å². The highest BCUT2D eigenvalue weighted by Crippen LogP contribution is 2.37. The van der Waals surface area contributed by atoms with E-state index < -0.39 is 0 Å². The lowest BCUT2D eigenvalue weighted by atomic mass is 10.0. The number of carbonyl (C=O) groups is 1. The molecule has 0 spiro atoms. The molecule has 0 unspecified atom stereocenters. The van der Waals surface area contributed by atoms with Crippen molar-refractivity contribution in [3.8, 4) is 0 Å². The van der Waals surface area contributed by atoms with Crippen LogP contribution in [-0.2, 0) is 13.1 Å². The molecule has 0 radical (unpaired) electrons. The molecule has 126 valence electrons. The zero-order chi connectivity index (χ0) is 16.4. The Morgan fingerprint density at radius 1 is 1.12 bits per heavy atom. The Bertz CT molecular complexity index is 684. The second kappa shape index (κ2) is 6.67. The number of carbonyl (C=O) groups excluding carboxylic acids is 1. The first-order valence-corrected chi connectivity index (χ1v) is 8.87. The van der Waals surface area contributed by atoms with Crippen LogP contribution in [-0.4, -0.2) is 33.8 Å². The number of fused-ring (bicyclic) bond motifs is 1. The summed E-state index contributed by atoms with van der Waals surface area (Å²) < 4.78 is 1.91. The number of rotatable bonds is 4. The van der Waals surface area contributed by atoms with E-state index in [1.54, 1.807) is 0 Å². The predicted octanol–water partition coefficient (Wildman–Crippen LogP) is 2.87. The number of nitrogens with one attached hydrogen (secondary N) is 1. The van der Waals surface area contributed by atoms with Crippen molar-refractivity contribution in [1.29, 1.82) is 0 Å². The van der Waals surface area contributed by atoms with Gasteiger partial charge in [-0.15, -0.1) is 0 Å². The van der Waals surface area contributed by atoms with Crippen molar-refractivity contribution in [2.75, 3.05) is 13.1 Å². The van der Waals surface area contributed by atoms with Crippen LogP contribution in [0.5, 0.6) is 0 Å². The maximum Gasteiger partial charge on any atom is 0.317 e. The molecule has 4 rings (SSSR count). The first-order chi connectivity index (χ1) is 11.8. The van der Waals surface area contributed by atoms with E-state index in [1.165, 1.54) is 24.8 Å². The number of nitrogens with zero attached hydrogens (tertiary/aromatic N) is 3. The summed E-state index contributed by atoms with van der Waals surface area (Å²) in [7, 11) is 0. The third-order valence-electron chi connectivity index (χ3n) is 5.32. The number of hydrogen-bond donors (Lipinski definition) is 1. The monoisotopic (exact) mass is 324 g/mol. The minimum absolute atomic E-state index is 0.0574. The van der Waals surface area contributed by atoms with E-state index in [0.29, 0.717) is 6.54 Å². The average molecular weight is 324 g/mol. The van der Waals surface area contributed by atoms with Crippen molar-refractivity contribution in [3.05, 3.63) is 53.9 Å². The Morgan fingerprint density at radius 2 is 1.88 bits per heavy atom. The van der Waals surface area contributed by atoms with E-state index in [9.17, 15) is 4.79 Å². The molecule has 1 aromatic heterocycles. The van der Waals surface area contributed by atoms with Gasteiger partial charge in [-0.25, -0.2) is 4.79 Å². The van der Waals surface area contributed by atoms with Crippen molar-refractivity contribution in [2.45, 2.75) is 32.4 Å². The predicted molar refractivity (Wildman–Crippen MR) is 92.4 cm³/mol. The molecule has 2 aliphatic rings. The summed E-state index contributed by atoms with van der Waals surface area (Å²) in [5.41, 5.74) is 2.12. The Labute approximate surface area is 142 Å². The molecular weight excluding hydrogens is 300 g/mol. The topological polar surface area (TPSA) is 50.2 Å². The maximum absolute atomic E-state index is 12.3. The van der Waals surface area contributed by atoms with Crippen molar-refractivity contribution >= 4 is 6.03 Å². The summed E-state index contributed by atoms with van der Waals surface area (Å²) in [6.45, 7) is 3.11. The van der Waals surface area contributed by atoms with Gasteiger partial charge in [-0.05, 0) is 36.3 Å². The summed E-state index contributed by atoms with van der Waals surface area (Å²) in [5.74, 6) is 1.47. The second-order valence-corrected chi connectivity index (χ2v) is 7.01. The van der Waals surface area contributed by atoms with E-state index in [-0.39, 0.29) is 6.03 Å². The Balaban J connectivity index is 1.28. The maximum atomic E-state index is 12.3. The fourth-order valence-electron chi connectivity index (χ4n) is 4.04. The van der Waals surface area contributed by atoms with Crippen molar-refractivity contribution in [1.82, 2.24) is 20.0 Å². The average Bonchev–Trinajstić information content (AvgIpc) is 3.29. The first kappa shape index (κ1) is 15.2. The minimum Gasteiger partial charge on any atom is -0.332 e. The van der Waals surface area contributed by atoms with E-state index in [0.717, 1.165) is 37.2 Å². The third-order valence-corrected chi connectivity index (χ3v) is 5.32. The Hall–Kier alpha value is -2.30. The number of amides is 2. The fraction of sp³-hybridized carbons (Fsp3) is 0.474. The number of benzene rings is 1. The van der Waals surface area contributed by atoms with Gasteiger partial charge in [-0.3, -0.25) is 4.68 Å². The molecule has 2 aromatic rings. The molecular formula is C19H24N4O. The standard InChI is InChI=1S/C19H24N4O/c24-19(22-13-16-7-4-8-17(16)14-22)20-11-18-9-10-23(21-18)12-15-5-2-1-3-6-15/h1-3,5-6,9-10,16-17H,4,7-8,11-14H2,(H,20,24)/t16-,17-/m0/s1. The number of urea groups is 1. The van der Waals surface area contributed by atoms with Gasteiger partial charge in [0.25, 0.3) is 0 Å². The second-order valence-electron chi connectivity index (χ2n) is 7.01. The van der Waals surface area contributed by atoms with Gasteiger partial charge in [0.1, 0.15) is 0 Å². The molecule has 0 bridgehead atoms.